The minimum Gasteiger partial charge on any atom is -0.356 e. The number of nitrogens with one attached hydrogen (secondary N) is 1. The number of carbonyl (C=O) groups excluding carboxylic acids is 1. The number of rotatable bonds is 4. The molecule has 2 heterocycles. The van der Waals surface area contributed by atoms with Crippen LogP contribution in [0.3, 0.4) is 0 Å². The van der Waals surface area contributed by atoms with Crippen LogP contribution in [0.2, 0.25) is 0 Å². The number of carbonyl (C=O) groups is 1. The third-order valence-corrected chi connectivity index (χ3v) is 4.99. The Morgan fingerprint density at radius 2 is 1.77 bits per heavy atom. The van der Waals surface area contributed by atoms with E-state index >= 15 is 0 Å². The molecule has 2 fully saturated rings. The van der Waals surface area contributed by atoms with E-state index in [0.29, 0.717) is 5.92 Å². The molecule has 0 unspecified atom stereocenters. The maximum Gasteiger partial charge on any atom is 0.225 e. The lowest BCUT2D eigenvalue weighted by atomic mass is 9.89. The zero-order chi connectivity index (χ0) is 15.2. The van der Waals surface area contributed by atoms with E-state index < -0.39 is 0 Å². The van der Waals surface area contributed by atoms with Crippen LogP contribution in [0.1, 0.15) is 44.9 Å². The van der Waals surface area contributed by atoms with Crippen LogP contribution < -0.4 is 10.2 Å². The normalized spacial score (nSPS) is 20.8. The van der Waals surface area contributed by atoms with Gasteiger partial charge in [-0.25, -0.2) is 9.97 Å². The van der Waals surface area contributed by atoms with Gasteiger partial charge < -0.3 is 10.2 Å². The Bertz CT molecular complexity index is 465. The molecule has 3 rings (SSSR count). The summed E-state index contributed by atoms with van der Waals surface area (Å²) < 4.78 is 0. The fourth-order valence-electron chi connectivity index (χ4n) is 3.58. The van der Waals surface area contributed by atoms with Crippen molar-refractivity contribution in [2.24, 2.45) is 11.8 Å². The van der Waals surface area contributed by atoms with E-state index in [1.165, 1.54) is 32.1 Å². The van der Waals surface area contributed by atoms with Crippen molar-refractivity contribution in [3.05, 3.63) is 18.5 Å². The smallest absolute Gasteiger partial charge is 0.225 e. The average molecular weight is 302 g/mol. The van der Waals surface area contributed by atoms with Gasteiger partial charge in [0.25, 0.3) is 0 Å². The first kappa shape index (κ1) is 15.3. The second kappa shape index (κ2) is 7.56. The summed E-state index contributed by atoms with van der Waals surface area (Å²) in [7, 11) is 0. The molecule has 5 nitrogen and oxygen atoms in total. The Labute approximate surface area is 132 Å². The zero-order valence-corrected chi connectivity index (χ0v) is 13.2. The van der Waals surface area contributed by atoms with Crippen LogP contribution in [-0.2, 0) is 4.79 Å². The number of anilines is 1. The monoisotopic (exact) mass is 302 g/mol. The van der Waals surface area contributed by atoms with Crippen molar-refractivity contribution in [1.29, 1.82) is 0 Å². The van der Waals surface area contributed by atoms with Gasteiger partial charge in [0.15, 0.2) is 0 Å². The number of piperidine rings is 1. The van der Waals surface area contributed by atoms with Crippen molar-refractivity contribution in [2.45, 2.75) is 44.9 Å². The summed E-state index contributed by atoms with van der Waals surface area (Å²) in [4.78, 5) is 23.1. The highest BCUT2D eigenvalue weighted by atomic mass is 16.1. The molecule has 22 heavy (non-hydrogen) atoms. The van der Waals surface area contributed by atoms with Crippen molar-refractivity contribution >= 4 is 11.9 Å². The van der Waals surface area contributed by atoms with E-state index in [1.807, 2.05) is 6.07 Å². The van der Waals surface area contributed by atoms with E-state index in [2.05, 4.69) is 20.2 Å². The fraction of sp³-hybridized carbons (Fsp3) is 0.706. The van der Waals surface area contributed by atoms with Gasteiger partial charge in [0.1, 0.15) is 0 Å². The van der Waals surface area contributed by atoms with Crippen LogP contribution in [0.15, 0.2) is 18.5 Å². The summed E-state index contributed by atoms with van der Waals surface area (Å²) in [6.45, 7) is 2.61. The predicted octanol–water partition coefficient (Wildman–Crippen LogP) is 2.39. The first-order chi connectivity index (χ1) is 10.8. The number of amides is 1. The minimum atomic E-state index is 0.156. The molecule has 0 spiro atoms. The number of aromatic nitrogens is 2. The van der Waals surface area contributed by atoms with Gasteiger partial charge in [0.2, 0.25) is 11.9 Å². The Morgan fingerprint density at radius 3 is 2.45 bits per heavy atom. The molecule has 1 saturated carbocycles. The summed E-state index contributed by atoms with van der Waals surface area (Å²) in [6.07, 6.45) is 11.9. The molecule has 1 saturated heterocycles. The highest BCUT2D eigenvalue weighted by molar-refractivity contribution is 5.78. The Kier molecular flexibility index (Phi) is 5.24. The lowest BCUT2D eigenvalue weighted by molar-refractivity contribution is -0.125. The summed E-state index contributed by atoms with van der Waals surface area (Å²) in [5.41, 5.74) is 0. The Balaban J connectivity index is 1.41. The van der Waals surface area contributed by atoms with Crippen molar-refractivity contribution in [1.82, 2.24) is 15.3 Å². The largest absolute Gasteiger partial charge is 0.356 e. The molecular formula is C17H26N4O. The summed E-state index contributed by atoms with van der Waals surface area (Å²) >= 11 is 0. The summed E-state index contributed by atoms with van der Waals surface area (Å²) in [5, 5.41) is 3.19. The van der Waals surface area contributed by atoms with Gasteiger partial charge >= 0.3 is 0 Å². The van der Waals surface area contributed by atoms with Crippen molar-refractivity contribution < 1.29 is 4.79 Å². The van der Waals surface area contributed by atoms with Crippen molar-refractivity contribution in [3.8, 4) is 0 Å². The predicted molar refractivity (Wildman–Crippen MR) is 86.6 cm³/mol. The molecule has 0 radical (unpaired) electrons. The topological polar surface area (TPSA) is 58.1 Å². The highest BCUT2D eigenvalue weighted by Gasteiger charge is 2.26. The summed E-state index contributed by atoms with van der Waals surface area (Å²) in [6, 6.07) is 1.83. The molecule has 0 bridgehead atoms. The fourth-order valence-corrected chi connectivity index (χ4v) is 3.58. The van der Waals surface area contributed by atoms with Crippen LogP contribution in [0.4, 0.5) is 5.95 Å². The lowest BCUT2D eigenvalue weighted by Crippen LogP contribution is -2.42. The van der Waals surface area contributed by atoms with Gasteiger partial charge in [-0.2, -0.15) is 0 Å². The first-order valence-electron chi connectivity index (χ1n) is 8.62. The van der Waals surface area contributed by atoms with E-state index in [9.17, 15) is 4.79 Å². The maximum absolute atomic E-state index is 12.3. The molecule has 1 aromatic heterocycles. The molecule has 120 valence electrons. The zero-order valence-electron chi connectivity index (χ0n) is 13.2. The van der Waals surface area contributed by atoms with Gasteiger partial charge in [0, 0.05) is 37.9 Å². The molecule has 1 aliphatic carbocycles. The number of hydrogen-bond donors (Lipinski definition) is 1. The van der Waals surface area contributed by atoms with Crippen LogP contribution in [0, 0.1) is 11.8 Å². The molecule has 1 amide bonds. The molecule has 5 heteroatoms. The summed E-state index contributed by atoms with van der Waals surface area (Å²) in [5.74, 6) is 1.89. The van der Waals surface area contributed by atoms with Gasteiger partial charge in [-0.1, -0.05) is 19.3 Å². The van der Waals surface area contributed by atoms with Gasteiger partial charge in [-0.05, 0) is 37.7 Å². The maximum atomic E-state index is 12.3. The minimum absolute atomic E-state index is 0.156. The second-order valence-corrected chi connectivity index (χ2v) is 6.56. The van der Waals surface area contributed by atoms with Gasteiger partial charge in [-0.3, -0.25) is 4.79 Å². The number of hydrogen-bond acceptors (Lipinski definition) is 4. The first-order valence-corrected chi connectivity index (χ1v) is 8.62. The Morgan fingerprint density at radius 1 is 1.09 bits per heavy atom. The van der Waals surface area contributed by atoms with Crippen molar-refractivity contribution in [2.75, 3.05) is 24.5 Å². The van der Waals surface area contributed by atoms with Gasteiger partial charge in [-0.15, -0.1) is 0 Å². The van der Waals surface area contributed by atoms with Gasteiger partial charge in [0.05, 0.1) is 0 Å². The van der Waals surface area contributed by atoms with Crippen LogP contribution in [0.5, 0.6) is 0 Å². The molecule has 0 atom stereocenters. The third kappa shape index (κ3) is 3.96. The molecule has 0 aromatic carbocycles. The Hall–Kier alpha value is -1.65. The quantitative estimate of drug-likeness (QED) is 0.928. The van der Waals surface area contributed by atoms with E-state index in [0.717, 1.165) is 38.4 Å². The van der Waals surface area contributed by atoms with Crippen LogP contribution in [0.25, 0.3) is 0 Å². The standard InChI is InChI=1S/C17H26N4O/c22-16(20-13-14-5-2-1-3-6-14)15-7-11-21(12-8-15)17-18-9-4-10-19-17/h4,9-10,14-15H,1-3,5-8,11-13H2,(H,20,22). The highest BCUT2D eigenvalue weighted by Crippen LogP contribution is 2.24. The molecule has 1 N–H and O–H groups in total. The van der Waals surface area contributed by atoms with Crippen LogP contribution in [-0.4, -0.2) is 35.5 Å². The molecule has 1 aliphatic heterocycles. The number of nitrogens with zero attached hydrogens (tertiary/aromatic N) is 3. The molecule has 2 aliphatic rings. The lowest BCUT2D eigenvalue weighted by Gasteiger charge is -2.31. The van der Waals surface area contributed by atoms with Crippen LogP contribution >= 0.6 is 0 Å². The van der Waals surface area contributed by atoms with E-state index in [4.69, 9.17) is 0 Å². The van der Waals surface area contributed by atoms with Crippen molar-refractivity contribution in [3.63, 3.8) is 0 Å². The SMILES string of the molecule is O=C(NCC1CCCCC1)C1CCN(c2ncccn2)CC1. The third-order valence-electron chi connectivity index (χ3n) is 4.99. The molecule has 1 aromatic rings. The average Bonchev–Trinajstić information content (AvgIpc) is 2.61. The van der Waals surface area contributed by atoms with E-state index in [-0.39, 0.29) is 11.8 Å². The second-order valence-electron chi connectivity index (χ2n) is 6.56. The molecular weight excluding hydrogens is 276 g/mol. The van der Waals surface area contributed by atoms with E-state index in [1.54, 1.807) is 12.4 Å².